The molecule has 0 unspecified atom stereocenters. The Kier molecular flexibility index (Phi) is 3.02. The van der Waals surface area contributed by atoms with Gasteiger partial charge >= 0.3 is 0 Å². The fourth-order valence-electron chi connectivity index (χ4n) is 0.799. The van der Waals surface area contributed by atoms with Crippen LogP contribution >= 0.6 is 11.3 Å². The Balaban J connectivity index is 3.18. The summed E-state index contributed by atoms with van der Waals surface area (Å²) in [6.07, 6.45) is 1.45. The van der Waals surface area contributed by atoms with Crippen LogP contribution in [-0.4, -0.2) is 25.9 Å². The smallest absolute Gasteiger partial charge is 0.180 e. The highest BCUT2D eigenvalue weighted by Crippen LogP contribution is 2.18. The van der Waals surface area contributed by atoms with Crippen molar-refractivity contribution in [2.45, 2.75) is 0 Å². The van der Waals surface area contributed by atoms with Gasteiger partial charge < -0.3 is 5.73 Å². The molecule has 0 atom stereocenters. The number of nitrogens with zero attached hydrogens (tertiary/aromatic N) is 1. The Hall–Kier alpha value is -1.21. The lowest BCUT2D eigenvalue weighted by atomic mass is 10.3. The van der Waals surface area contributed by atoms with E-state index in [1.807, 2.05) is 0 Å². The van der Waals surface area contributed by atoms with Gasteiger partial charge in [0.2, 0.25) is 0 Å². The largest absolute Gasteiger partial charge is 0.375 e. The molecule has 0 fully saturated rings. The second-order valence-electron chi connectivity index (χ2n) is 2.59. The number of carbonyl (C=O) groups is 1. The van der Waals surface area contributed by atoms with Crippen molar-refractivity contribution in [3.63, 3.8) is 0 Å². The van der Waals surface area contributed by atoms with Crippen LogP contribution in [0.2, 0.25) is 0 Å². The number of rotatable bonds is 3. The molecule has 0 spiro atoms. The number of allylic oxidation sites excluding steroid dienone is 1. The zero-order valence-corrected chi connectivity index (χ0v) is 8.93. The van der Waals surface area contributed by atoms with Crippen molar-refractivity contribution in [1.29, 1.82) is 0 Å². The highest BCUT2D eigenvalue weighted by molar-refractivity contribution is 7.93. The van der Waals surface area contributed by atoms with Gasteiger partial charge in [-0.05, 0) is 0 Å². The minimum Gasteiger partial charge on any atom is -0.375 e. The Morgan fingerprint density at radius 1 is 1.64 bits per heavy atom. The number of thiazole rings is 1. The van der Waals surface area contributed by atoms with Crippen LogP contribution in [0.4, 0.5) is 5.13 Å². The molecule has 0 saturated heterocycles. The number of anilines is 1. The van der Waals surface area contributed by atoms with E-state index in [1.54, 1.807) is 0 Å². The Morgan fingerprint density at radius 3 is 2.64 bits per heavy atom. The Bertz CT molecular complexity index is 473. The average Bonchev–Trinajstić information content (AvgIpc) is 2.46. The maximum Gasteiger partial charge on any atom is 0.180 e. The number of carbonyl (C=O) groups excluding carboxylic acids is 1. The van der Waals surface area contributed by atoms with Crippen LogP contribution in [0, 0.1) is 0 Å². The summed E-state index contributed by atoms with van der Waals surface area (Å²) in [5.74, 6) is 0. The van der Waals surface area contributed by atoms with Gasteiger partial charge in [-0.1, -0.05) is 0 Å². The number of nitrogens with two attached hydrogens (primary N) is 1. The standard InChI is InChI=1S/C7H8N2O3S2/c1-14(11,12)4-5(2-10)6-3-13-7(8)9-6/h2-4H,1H3,(H2,8,9). The van der Waals surface area contributed by atoms with E-state index >= 15 is 0 Å². The third-order valence-electron chi connectivity index (χ3n) is 1.29. The van der Waals surface area contributed by atoms with Gasteiger partial charge in [-0.3, -0.25) is 4.79 Å². The summed E-state index contributed by atoms with van der Waals surface area (Å²) in [6.45, 7) is 0. The molecule has 7 heteroatoms. The van der Waals surface area contributed by atoms with Crippen molar-refractivity contribution >= 4 is 38.2 Å². The van der Waals surface area contributed by atoms with Crippen molar-refractivity contribution in [2.75, 3.05) is 12.0 Å². The van der Waals surface area contributed by atoms with Crippen LogP contribution in [-0.2, 0) is 14.6 Å². The van der Waals surface area contributed by atoms with Gasteiger partial charge in [-0.25, -0.2) is 13.4 Å². The van der Waals surface area contributed by atoms with Crippen molar-refractivity contribution in [3.05, 3.63) is 16.5 Å². The topological polar surface area (TPSA) is 90.1 Å². The lowest BCUT2D eigenvalue weighted by Gasteiger charge is -1.92. The van der Waals surface area contributed by atoms with E-state index in [0.717, 1.165) is 23.0 Å². The maximum atomic E-state index is 10.9. The molecule has 0 aliphatic heterocycles. The minimum absolute atomic E-state index is 0.0143. The van der Waals surface area contributed by atoms with E-state index in [-0.39, 0.29) is 11.3 Å². The van der Waals surface area contributed by atoms with Crippen molar-refractivity contribution in [1.82, 2.24) is 4.98 Å². The van der Waals surface area contributed by atoms with Gasteiger partial charge in [-0.15, -0.1) is 11.3 Å². The van der Waals surface area contributed by atoms with Crippen LogP contribution in [0.5, 0.6) is 0 Å². The molecule has 0 amide bonds. The molecule has 0 aromatic carbocycles. The molecule has 1 rings (SSSR count). The first kappa shape index (κ1) is 10.9. The zero-order chi connectivity index (χ0) is 10.8. The van der Waals surface area contributed by atoms with Crippen LogP contribution in [0.25, 0.3) is 5.57 Å². The van der Waals surface area contributed by atoms with Gasteiger partial charge in [0.15, 0.2) is 21.3 Å². The Labute approximate surface area is 85.2 Å². The summed E-state index contributed by atoms with van der Waals surface area (Å²) in [5.41, 5.74) is 5.65. The lowest BCUT2D eigenvalue weighted by Crippen LogP contribution is -1.95. The molecule has 0 bridgehead atoms. The third kappa shape index (κ3) is 2.93. The summed E-state index contributed by atoms with van der Waals surface area (Å²) in [5, 5.41) is 2.69. The summed E-state index contributed by atoms with van der Waals surface area (Å²) in [6, 6.07) is 0. The molecule has 1 heterocycles. The number of sulfone groups is 1. The first-order valence-electron chi connectivity index (χ1n) is 3.50. The van der Waals surface area contributed by atoms with Gasteiger partial charge in [-0.2, -0.15) is 0 Å². The van der Waals surface area contributed by atoms with Gasteiger partial charge in [0.25, 0.3) is 0 Å². The molecule has 0 aliphatic carbocycles. The van der Waals surface area contributed by atoms with Crippen molar-refractivity contribution in [3.8, 4) is 0 Å². The highest BCUT2D eigenvalue weighted by Gasteiger charge is 2.08. The molecule has 5 nitrogen and oxygen atoms in total. The molecule has 2 N–H and O–H groups in total. The molecule has 1 aromatic rings. The third-order valence-corrected chi connectivity index (χ3v) is 2.64. The lowest BCUT2D eigenvalue weighted by molar-refractivity contribution is -0.103. The summed E-state index contributed by atoms with van der Waals surface area (Å²) < 4.78 is 21.8. The first-order chi connectivity index (χ1) is 6.42. The van der Waals surface area contributed by atoms with Crippen molar-refractivity contribution in [2.24, 2.45) is 0 Å². The van der Waals surface area contributed by atoms with E-state index < -0.39 is 9.84 Å². The quantitative estimate of drug-likeness (QED) is 0.598. The molecule has 0 saturated carbocycles. The van der Waals surface area contributed by atoms with Gasteiger partial charge in [0.05, 0.1) is 11.3 Å². The van der Waals surface area contributed by atoms with E-state index in [2.05, 4.69) is 4.98 Å². The van der Waals surface area contributed by atoms with Gasteiger partial charge in [0, 0.05) is 17.0 Å². The van der Waals surface area contributed by atoms with Crippen LogP contribution < -0.4 is 5.73 Å². The van der Waals surface area contributed by atoms with Crippen molar-refractivity contribution < 1.29 is 13.2 Å². The van der Waals surface area contributed by atoms with E-state index in [4.69, 9.17) is 5.73 Å². The molecular weight excluding hydrogens is 224 g/mol. The summed E-state index contributed by atoms with van der Waals surface area (Å²) in [7, 11) is -3.34. The predicted molar refractivity (Wildman–Crippen MR) is 55.4 cm³/mol. The molecule has 14 heavy (non-hydrogen) atoms. The van der Waals surface area contributed by atoms with Crippen LogP contribution in [0.3, 0.4) is 0 Å². The van der Waals surface area contributed by atoms with E-state index in [9.17, 15) is 13.2 Å². The highest BCUT2D eigenvalue weighted by atomic mass is 32.2. The SMILES string of the molecule is CS(=O)(=O)C=C(C=O)c1csc(N)n1. The molecule has 0 radical (unpaired) electrons. The molecule has 76 valence electrons. The number of nitrogen functional groups attached to an aromatic ring is 1. The second kappa shape index (κ2) is 3.89. The first-order valence-corrected chi connectivity index (χ1v) is 6.34. The molecular formula is C7H8N2O3S2. The zero-order valence-electron chi connectivity index (χ0n) is 7.30. The number of aldehydes is 1. The van der Waals surface area contributed by atoms with E-state index in [0.29, 0.717) is 11.4 Å². The minimum atomic E-state index is -3.34. The normalized spacial score (nSPS) is 12.8. The summed E-state index contributed by atoms with van der Waals surface area (Å²) in [4.78, 5) is 14.4. The predicted octanol–water partition coefficient (Wildman–Crippen LogP) is 0.310. The molecule has 0 aliphatic rings. The number of aromatic nitrogens is 1. The van der Waals surface area contributed by atoms with Crippen LogP contribution in [0.15, 0.2) is 10.8 Å². The number of hydrogen-bond acceptors (Lipinski definition) is 6. The Morgan fingerprint density at radius 2 is 2.29 bits per heavy atom. The van der Waals surface area contributed by atoms with E-state index in [1.165, 1.54) is 5.38 Å². The fourth-order valence-corrected chi connectivity index (χ4v) is 2.01. The van der Waals surface area contributed by atoms with Gasteiger partial charge in [0.1, 0.15) is 0 Å². The molecule has 1 aromatic heterocycles. The monoisotopic (exact) mass is 232 g/mol. The average molecular weight is 232 g/mol. The number of hydrogen-bond donors (Lipinski definition) is 1. The summed E-state index contributed by atoms with van der Waals surface area (Å²) >= 11 is 1.15. The fraction of sp³-hybridized carbons (Fsp3) is 0.143. The maximum absolute atomic E-state index is 10.9. The second-order valence-corrected chi connectivity index (χ2v) is 5.38. The van der Waals surface area contributed by atoms with Crippen LogP contribution in [0.1, 0.15) is 5.69 Å².